The van der Waals surface area contributed by atoms with Crippen LogP contribution in [-0.2, 0) is 11.3 Å². The second-order valence-electron chi connectivity index (χ2n) is 7.13. The van der Waals surface area contributed by atoms with Crippen molar-refractivity contribution < 1.29 is 9.59 Å². The van der Waals surface area contributed by atoms with E-state index < -0.39 is 6.17 Å². The van der Waals surface area contributed by atoms with Gasteiger partial charge in [0.1, 0.15) is 0 Å². The Bertz CT molecular complexity index is 1000. The van der Waals surface area contributed by atoms with Gasteiger partial charge in [0.2, 0.25) is 0 Å². The Morgan fingerprint density at radius 3 is 2.64 bits per heavy atom. The highest BCUT2D eigenvalue weighted by Crippen LogP contribution is 2.30. The average Bonchev–Trinajstić information content (AvgIpc) is 2.98. The van der Waals surface area contributed by atoms with E-state index in [2.05, 4.69) is 11.5 Å². The molecule has 0 aliphatic carbocycles. The predicted molar refractivity (Wildman–Crippen MR) is 108 cm³/mol. The lowest BCUT2D eigenvalue weighted by Crippen LogP contribution is -2.51. The Kier molecular flexibility index (Phi) is 4.61. The van der Waals surface area contributed by atoms with E-state index >= 15 is 0 Å². The molecule has 2 aliphatic rings. The van der Waals surface area contributed by atoms with Crippen LogP contribution in [0.5, 0.6) is 0 Å². The van der Waals surface area contributed by atoms with Crippen molar-refractivity contribution >= 4 is 29.2 Å². The summed E-state index contributed by atoms with van der Waals surface area (Å²) in [6, 6.07) is 11.3. The van der Waals surface area contributed by atoms with Gasteiger partial charge in [0.05, 0.1) is 12.2 Å². The van der Waals surface area contributed by atoms with E-state index in [1.54, 1.807) is 24.5 Å². The number of nitrogens with one attached hydrogen (secondary N) is 1. The molecule has 2 aromatic rings. The minimum Gasteiger partial charge on any atom is -0.283 e. The van der Waals surface area contributed by atoms with Crippen LogP contribution in [0.25, 0.3) is 0 Å². The van der Waals surface area contributed by atoms with Gasteiger partial charge >= 0.3 is 6.03 Å². The van der Waals surface area contributed by atoms with Crippen LogP contribution in [-0.4, -0.2) is 28.0 Å². The lowest BCUT2D eigenvalue weighted by molar-refractivity contribution is -0.122. The number of anilines is 1. The van der Waals surface area contributed by atoms with Crippen molar-refractivity contribution in [3.8, 4) is 0 Å². The number of benzene rings is 2. The molecule has 0 aromatic heterocycles. The second-order valence-corrected chi connectivity index (χ2v) is 7.54. The largest absolute Gasteiger partial charge is 0.340 e. The third kappa shape index (κ3) is 3.04. The zero-order valence-electron chi connectivity index (χ0n) is 15.9. The van der Waals surface area contributed by atoms with E-state index in [-0.39, 0.29) is 11.9 Å². The van der Waals surface area contributed by atoms with Crippen molar-refractivity contribution in [3.63, 3.8) is 0 Å². The van der Waals surface area contributed by atoms with Crippen molar-refractivity contribution in [3.05, 3.63) is 76.1 Å². The number of amides is 3. The van der Waals surface area contributed by atoms with Crippen molar-refractivity contribution in [2.75, 3.05) is 4.90 Å². The average molecular weight is 397 g/mol. The smallest absolute Gasteiger partial charge is 0.283 e. The van der Waals surface area contributed by atoms with Crippen molar-refractivity contribution in [1.29, 1.82) is 0 Å². The SMILES string of the molecule is Cc1ccc(C)c(CN2NC3C(=O)N(c4cccc(Cl)c4C)C=CN3C2=O)c1. The number of nitrogens with zero attached hydrogens (tertiary/aromatic N) is 3. The number of carbonyl (C=O) groups is 2. The molecule has 1 atom stereocenters. The van der Waals surface area contributed by atoms with E-state index in [4.69, 9.17) is 11.6 Å². The van der Waals surface area contributed by atoms with Crippen LogP contribution in [0, 0.1) is 20.8 Å². The van der Waals surface area contributed by atoms with E-state index in [1.165, 1.54) is 14.8 Å². The third-order valence-electron chi connectivity index (χ3n) is 5.19. The molecule has 1 fully saturated rings. The molecule has 3 amide bonds. The van der Waals surface area contributed by atoms with Gasteiger partial charge in [0.15, 0.2) is 6.17 Å². The first-order valence-corrected chi connectivity index (χ1v) is 9.43. The van der Waals surface area contributed by atoms with Gasteiger partial charge in [-0.3, -0.25) is 19.6 Å². The monoisotopic (exact) mass is 396 g/mol. The predicted octanol–water partition coefficient (Wildman–Crippen LogP) is 3.85. The Labute approximate surface area is 168 Å². The van der Waals surface area contributed by atoms with Crippen LogP contribution in [0.15, 0.2) is 48.8 Å². The minimum absolute atomic E-state index is 0.232. The van der Waals surface area contributed by atoms with E-state index in [9.17, 15) is 9.59 Å². The number of carbonyl (C=O) groups excluding carboxylic acids is 2. The van der Waals surface area contributed by atoms with Crippen LogP contribution >= 0.6 is 11.6 Å². The highest BCUT2D eigenvalue weighted by atomic mass is 35.5. The highest BCUT2D eigenvalue weighted by Gasteiger charge is 2.44. The van der Waals surface area contributed by atoms with Crippen LogP contribution in [0.2, 0.25) is 5.02 Å². The van der Waals surface area contributed by atoms with Crippen LogP contribution < -0.4 is 10.3 Å². The molecule has 1 N–H and O–H groups in total. The summed E-state index contributed by atoms with van der Waals surface area (Å²) in [5.74, 6) is -0.232. The molecule has 144 valence electrons. The first-order chi connectivity index (χ1) is 13.4. The van der Waals surface area contributed by atoms with Crippen LogP contribution in [0.3, 0.4) is 0 Å². The number of aryl methyl sites for hydroxylation is 2. The number of urea groups is 1. The van der Waals surface area contributed by atoms with Crippen LogP contribution in [0.1, 0.15) is 22.3 Å². The third-order valence-corrected chi connectivity index (χ3v) is 5.60. The molecule has 0 saturated carbocycles. The lowest BCUT2D eigenvalue weighted by atomic mass is 10.1. The molecule has 28 heavy (non-hydrogen) atoms. The summed E-state index contributed by atoms with van der Waals surface area (Å²) < 4.78 is 0. The fourth-order valence-corrected chi connectivity index (χ4v) is 3.66. The maximum absolute atomic E-state index is 13.1. The summed E-state index contributed by atoms with van der Waals surface area (Å²) >= 11 is 6.21. The molecule has 0 bridgehead atoms. The quantitative estimate of drug-likeness (QED) is 0.857. The zero-order valence-corrected chi connectivity index (χ0v) is 16.7. The molecule has 7 heteroatoms. The van der Waals surface area contributed by atoms with E-state index in [1.807, 2.05) is 39.0 Å². The summed E-state index contributed by atoms with van der Waals surface area (Å²) in [5, 5.41) is 2.08. The van der Waals surface area contributed by atoms with Gasteiger partial charge in [0.25, 0.3) is 5.91 Å². The molecular formula is C21H21ClN4O2. The maximum Gasteiger partial charge on any atom is 0.340 e. The lowest BCUT2D eigenvalue weighted by Gasteiger charge is -2.30. The Morgan fingerprint density at radius 2 is 1.86 bits per heavy atom. The van der Waals surface area contributed by atoms with Gasteiger partial charge in [-0.2, -0.15) is 5.43 Å². The molecular weight excluding hydrogens is 376 g/mol. The molecule has 2 heterocycles. The summed E-state index contributed by atoms with van der Waals surface area (Å²) in [7, 11) is 0. The molecule has 1 saturated heterocycles. The normalized spacial score (nSPS) is 18.9. The topological polar surface area (TPSA) is 55.9 Å². The van der Waals surface area contributed by atoms with Gasteiger partial charge < -0.3 is 0 Å². The van der Waals surface area contributed by atoms with Crippen molar-refractivity contribution in [1.82, 2.24) is 15.3 Å². The zero-order chi connectivity index (χ0) is 20.0. The van der Waals surface area contributed by atoms with Gasteiger partial charge in [-0.15, -0.1) is 0 Å². The molecule has 4 rings (SSSR count). The van der Waals surface area contributed by atoms with Crippen molar-refractivity contribution in [2.45, 2.75) is 33.5 Å². The number of hydrogen-bond donors (Lipinski definition) is 1. The number of hydrazine groups is 1. The highest BCUT2D eigenvalue weighted by molar-refractivity contribution is 6.31. The molecule has 0 radical (unpaired) electrons. The molecule has 2 aliphatic heterocycles. The second kappa shape index (κ2) is 6.96. The Morgan fingerprint density at radius 1 is 1.07 bits per heavy atom. The fourth-order valence-electron chi connectivity index (χ4n) is 3.49. The van der Waals surface area contributed by atoms with Gasteiger partial charge in [-0.1, -0.05) is 41.4 Å². The maximum atomic E-state index is 13.1. The minimum atomic E-state index is -0.777. The van der Waals surface area contributed by atoms with Gasteiger partial charge in [0, 0.05) is 17.4 Å². The molecule has 2 aromatic carbocycles. The van der Waals surface area contributed by atoms with Gasteiger partial charge in [-0.25, -0.2) is 4.79 Å². The number of hydrogen-bond acceptors (Lipinski definition) is 3. The van der Waals surface area contributed by atoms with E-state index in [0.717, 1.165) is 22.3 Å². The van der Waals surface area contributed by atoms with Crippen molar-refractivity contribution in [2.24, 2.45) is 0 Å². The van der Waals surface area contributed by atoms with E-state index in [0.29, 0.717) is 17.3 Å². The summed E-state index contributed by atoms with van der Waals surface area (Å²) in [6.07, 6.45) is 2.46. The number of halogens is 1. The standard InChI is InChI=1S/C21H21ClN4O2/c1-13-7-8-14(2)16(11-13)12-26-21(28)25-10-9-24(20(27)19(25)23-26)18-6-4-5-17(22)15(18)3/h4-11,19,23H,12H2,1-3H3. The van der Waals surface area contributed by atoms with Gasteiger partial charge in [-0.05, 0) is 49.6 Å². The summed E-state index contributed by atoms with van der Waals surface area (Å²) in [4.78, 5) is 28.8. The first kappa shape index (κ1) is 18.5. The Balaban J connectivity index is 1.59. The number of rotatable bonds is 3. The summed E-state index contributed by atoms with van der Waals surface area (Å²) in [5.41, 5.74) is 7.84. The van der Waals surface area contributed by atoms with Crippen LogP contribution in [0.4, 0.5) is 10.5 Å². The fraction of sp³-hybridized carbons (Fsp3) is 0.238. The molecule has 6 nitrogen and oxygen atoms in total. The molecule has 1 unspecified atom stereocenters. The Hall–Kier alpha value is -2.83. The summed E-state index contributed by atoms with van der Waals surface area (Å²) in [6.45, 7) is 6.28. The number of fused-ring (bicyclic) bond motifs is 1. The molecule has 0 spiro atoms. The first-order valence-electron chi connectivity index (χ1n) is 9.05.